The summed E-state index contributed by atoms with van der Waals surface area (Å²) >= 11 is 0. The minimum absolute atomic E-state index is 0. The number of carbonyl (C=O) groups excluding carboxylic acids is 1. The molecule has 3 atom stereocenters. The second-order valence-electron chi connectivity index (χ2n) is 7.44. The molecule has 0 heterocycles. The number of fused-ring (bicyclic) bond motifs is 2. The number of nitrogens with one attached hydrogen (secondary N) is 1. The number of nitrogens with two attached hydrogens (primary N) is 1. The number of amides is 1. The van der Waals surface area contributed by atoms with E-state index in [0.29, 0.717) is 24.3 Å². The van der Waals surface area contributed by atoms with E-state index in [9.17, 15) is 9.18 Å². The molecule has 1 amide bonds. The number of hydrogen-bond donors (Lipinski definition) is 2. The van der Waals surface area contributed by atoms with Gasteiger partial charge >= 0.3 is 0 Å². The van der Waals surface area contributed by atoms with Gasteiger partial charge in [-0.1, -0.05) is 25.5 Å². The minimum Gasteiger partial charge on any atom is -0.353 e. The highest BCUT2D eigenvalue weighted by Crippen LogP contribution is 2.39. The molecule has 3 unspecified atom stereocenters. The SMILES string of the molecule is CC(CC(=O)NC1C2CCCC1CC(N)C2)c1cccc(F)c1.Cl. The Morgan fingerprint density at radius 1 is 1.33 bits per heavy atom. The highest BCUT2D eigenvalue weighted by molar-refractivity contribution is 5.85. The molecule has 0 aliphatic heterocycles. The van der Waals surface area contributed by atoms with Crippen LogP contribution in [0.15, 0.2) is 24.3 Å². The summed E-state index contributed by atoms with van der Waals surface area (Å²) < 4.78 is 13.3. The van der Waals surface area contributed by atoms with Crippen LogP contribution in [0.25, 0.3) is 0 Å². The first-order valence-corrected chi connectivity index (χ1v) is 8.83. The molecule has 0 radical (unpaired) electrons. The van der Waals surface area contributed by atoms with Crippen LogP contribution in [0, 0.1) is 17.7 Å². The van der Waals surface area contributed by atoms with Crippen molar-refractivity contribution in [2.75, 3.05) is 0 Å². The Balaban J connectivity index is 0.00000208. The molecule has 2 aliphatic carbocycles. The van der Waals surface area contributed by atoms with Gasteiger partial charge in [0.1, 0.15) is 5.82 Å². The first-order valence-electron chi connectivity index (χ1n) is 8.83. The van der Waals surface area contributed by atoms with Crippen molar-refractivity contribution in [3.05, 3.63) is 35.6 Å². The van der Waals surface area contributed by atoms with Crippen LogP contribution in [0.4, 0.5) is 4.39 Å². The van der Waals surface area contributed by atoms with Gasteiger partial charge < -0.3 is 11.1 Å². The van der Waals surface area contributed by atoms with Crippen LogP contribution >= 0.6 is 12.4 Å². The molecule has 0 spiro atoms. The predicted molar refractivity (Wildman–Crippen MR) is 96.7 cm³/mol. The normalized spacial score (nSPS) is 30.1. The van der Waals surface area contributed by atoms with Gasteiger partial charge in [0.05, 0.1) is 0 Å². The average molecular weight is 355 g/mol. The number of rotatable bonds is 4. The summed E-state index contributed by atoms with van der Waals surface area (Å²) in [5.41, 5.74) is 7.02. The fraction of sp³-hybridized carbons (Fsp3) is 0.632. The van der Waals surface area contributed by atoms with E-state index in [1.807, 2.05) is 13.0 Å². The number of hydrogen-bond acceptors (Lipinski definition) is 2. The number of benzene rings is 1. The van der Waals surface area contributed by atoms with Crippen LogP contribution in [-0.2, 0) is 4.79 Å². The summed E-state index contributed by atoms with van der Waals surface area (Å²) in [5.74, 6) is 0.929. The molecule has 5 heteroatoms. The fourth-order valence-electron chi connectivity index (χ4n) is 4.48. The lowest BCUT2D eigenvalue weighted by Gasteiger charge is -2.45. The summed E-state index contributed by atoms with van der Waals surface area (Å²) in [6.07, 6.45) is 6.07. The van der Waals surface area contributed by atoms with Crippen LogP contribution < -0.4 is 11.1 Å². The maximum Gasteiger partial charge on any atom is 0.220 e. The fourth-order valence-corrected chi connectivity index (χ4v) is 4.48. The Labute approximate surface area is 150 Å². The van der Waals surface area contributed by atoms with Crippen molar-refractivity contribution in [2.24, 2.45) is 17.6 Å². The van der Waals surface area contributed by atoms with Crippen molar-refractivity contribution < 1.29 is 9.18 Å². The third-order valence-corrected chi connectivity index (χ3v) is 5.61. The van der Waals surface area contributed by atoms with E-state index < -0.39 is 0 Å². The molecule has 2 fully saturated rings. The van der Waals surface area contributed by atoms with Gasteiger partial charge in [-0.3, -0.25) is 4.79 Å². The lowest BCUT2D eigenvalue weighted by atomic mass is 9.67. The maximum absolute atomic E-state index is 13.3. The first kappa shape index (κ1) is 19.2. The van der Waals surface area contributed by atoms with Gasteiger partial charge in [0.15, 0.2) is 0 Å². The molecule has 1 aromatic carbocycles. The molecule has 24 heavy (non-hydrogen) atoms. The second-order valence-corrected chi connectivity index (χ2v) is 7.44. The van der Waals surface area contributed by atoms with Crippen LogP contribution in [0.3, 0.4) is 0 Å². The largest absolute Gasteiger partial charge is 0.353 e. The van der Waals surface area contributed by atoms with Crippen molar-refractivity contribution in [1.82, 2.24) is 5.32 Å². The summed E-state index contributed by atoms with van der Waals surface area (Å²) in [6, 6.07) is 7.12. The predicted octanol–water partition coefficient (Wildman–Crippen LogP) is 3.76. The van der Waals surface area contributed by atoms with Crippen LogP contribution in [0.2, 0.25) is 0 Å². The third kappa shape index (κ3) is 4.48. The molecular weight excluding hydrogens is 327 g/mol. The van der Waals surface area contributed by atoms with Crippen molar-refractivity contribution in [3.63, 3.8) is 0 Å². The molecule has 2 aliphatic rings. The Morgan fingerprint density at radius 2 is 2.00 bits per heavy atom. The smallest absolute Gasteiger partial charge is 0.220 e. The van der Waals surface area contributed by atoms with Crippen LogP contribution in [0.5, 0.6) is 0 Å². The van der Waals surface area contributed by atoms with Gasteiger partial charge in [0.25, 0.3) is 0 Å². The van der Waals surface area contributed by atoms with Crippen molar-refractivity contribution in [1.29, 1.82) is 0 Å². The molecular formula is C19H28ClFN2O. The van der Waals surface area contributed by atoms with Crippen LogP contribution in [-0.4, -0.2) is 18.0 Å². The van der Waals surface area contributed by atoms with Gasteiger partial charge in [-0.15, -0.1) is 12.4 Å². The molecule has 3 N–H and O–H groups in total. The summed E-state index contributed by atoms with van der Waals surface area (Å²) in [4.78, 5) is 12.5. The zero-order valence-corrected chi connectivity index (χ0v) is 15.0. The molecule has 0 saturated heterocycles. The number of carbonyl (C=O) groups is 1. The maximum atomic E-state index is 13.3. The van der Waals surface area contributed by atoms with Crippen molar-refractivity contribution >= 4 is 18.3 Å². The first-order chi connectivity index (χ1) is 11.0. The topological polar surface area (TPSA) is 55.1 Å². The van der Waals surface area contributed by atoms with Gasteiger partial charge in [-0.2, -0.15) is 0 Å². The molecule has 2 saturated carbocycles. The quantitative estimate of drug-likeness (QED) is 0.864. The van der Waals surface area contributed by atoms with E-state index in [4.69, 9.17) is 5.73 Å². The van der Waals surface area contributed by atoms with Gasteiger partial charge in [0.2, 0.25) is 5.91 Å². The summed E-state index contributed by atoms with van der Waals surface area (Å²) in [7, 11) is 0. The van der Waals surface area contributed by atoms with Crippen molar-refractivity contribution in [2.45, 2.75) is 63.5 Å². The zero-order chi connectivity index (χ0) is 16.4. The lowest BCUT2D eigenvalue weighted by molar-refractivity contribution is -0.123. The van der Waals surface area contributed by atoms with E-state index in [0.717, 1.165) is 18.4 Å². The van der Waals surface area contributed by atoms with E-state index in [1.165, 1.54) is 31.4 Å². The third-order valence-electron chi connectivity index (χ3n) is 5.61. The summed E-state index contributed by atoms with van der Waals surface area (Å²) in [5, 5.41) is 3.27. The van der Waals surface area contributed by atoms with Crippen molar-refractivity contribution in [3.8, 4) is 0 Å². The lowest BCUT2D eigenvalue weighted by Crippen LogP contribution is -2.53. The van der Waals surface area contributed by atoms with Crippen LogP contribution in [0.1, 0.15) is 56.9 Å². The van der Waals surface area contributed by atoms with Gasteiger partial charge in [-0.05, 0) is 61.1 Å². The molecule has 134 valence electrons. The highest BCUT2D eigenvalue weighted by atomic mass is 35.5. The second kappa shape index (κ2) is 8.30. The molecule has 3 nitrogen and oxygen atoms in total. The Hall–Kier alpha value is -1.13. The standard InChI is InChI=1S/C19H27FN2O.ClH/c1-12(13-4-3-7-16(20)9-13)8-18(23)22-19-14-5-2-6-15(19)11-17(21)10-14;/h3-4,7,9,12,14-15,17,19H,2,5-6,8,10-11,21H2,1H3,(H,22,23);1H. The van der Waals surface area contributed by atoms with Gasteiger partial charge in [-0.25, -0.2) is 4.39 Å². The van der Waals surface area contributed by atoms with E-state index >= 15 is 0 Å². The Morgan fingerprint density at radius 3 is 2.62 bits per heavy atom. The Kier molecular flexibility index (Phi) is 6.64. The molecule has 3 rings (SSSR count). The van der Waals surface area contributed by atoms with E-state index in [1.54, 1.807) is 6.07 Å². The number of halogens is 2. The molecule has 1 aromatic rings. The highest BCUT2D eigenvalue weighted by Gasteiger charge is 2.39. The minimum atomic E-state index is -0.245. The summed E-state index contributed by atoms with van der Waals surface area (Å²) in [6.45, 7) is 1.98. The van der Waals surface area contributed by atoms with E-state index in [2.05, 4.69) is 5.32 Å². The average Bonchev–Trinajstić information content (AvgIpc) is 2.48. The monoisotopic (exact) mass is 354 g/mol. The van der Waals surface area contributed by atoms with E-state index in [-0.39, 0.29) is 36.1 Å². The molecule has 0 aromatic heterocycles. The molecule has 2 bridgehead atoms. The van der Waals surface area contributed by atoms with Gasteiger partial charge in [0, 0.05) is 18.5 Å². The zero-order valence-electron chi connectivity index (χ0n) is 14.2. The Bertz CT molecular complexity index is 554.